The molecule has 0 amide bonds. The Balaban J connectivity index is 1.33. The van der Waals surface area contributed by atoms with E-state index in [1.807, 2.05) is 18.7 Å². The summed E-state index contributed by atoms with van der Waals surface area (Å²) in [6, 6.07) is 6.72. The first-order valence-corrected chi connectivity index (χ1v) is 16.1. The standard InChI is InChI=1S/C33H46O5S/c1-6-36-20(2)21-7-8-22-24-16-30(5)25(9-10-27(30)34)23-11-12-31(35)17-32(37-18-29(3,4)19-38-32)13-14-33(31,28(23)24)39-26(22)15-21/h7-8,15,23-25,27-28,34-35H,2,6,9-14,16-19H2,1,3-5H3/t23-,24+,25-,27-,28?,30-,31+,33-/m0/s1. The maximum Gasteiger partial charge on any atom is 0.171 e. The molecule has 7 rings (SSSR count). The molecule has 2 aliphatic heterocycles. The average molecular weight is 555 g/mol. The molecule has 39 heavy (non-hydrogen) atoms. The number of thioether (sulfide) groups is 1. The Morgan fingerprint density at radius 2 is 1.87 bits per heavy atom. The molecule has 4 aliphatic carbocycles. The van der Waals surface area contributed by atoms with Gasteiger partial charge in [0.2, 0.25) is 0 Å². The van der Waals surface area contributed by atoms with Gasteiger partial charge in [-0.1, -0.05) is 39.5 Å². The van der Waals surface area contributed by atoms with Crippen molar-refractivity contribution in [3.63, 3.8) is 0 Å². The second-order valence-corrected chi connectivity index (χ2v) is 16.1. The summed E-state index contributed by atoms with van der Waals surface area (Å²) in [6.45, 7) is 14.8. The molecule has 0 bridgehead atoms. The summed E-state index contributed by atoms with van der Waals surface area (Å²) in [4.78, 5) is 1.26. The number of aliphatic hydroxyl groups excluding tert-OH is 1. The number of fused-ring (bicyclic) bond motifs is 4. The van der Waals surface area contributed by atoms with Gasteiger partial charge in [-0.25, -0.2) is 0 Å². The monoisotopic (exact) mass is 554 g/mol. The smallest absolute Gasteiger partial charge is 0.171 e. The van der Waals surface area contributed by atoms with Crippen molar-refractivity contribution in [2.45, 2.75) is 112 Å². The van der Waals surface area contributed by atoms with Crippen LogP contribution in [0.25, 0.3) is 5.76 Å². The highest BCUT2D eigenvalue weighted by atomic mass is 32.2. The highest BCUT2D eigenvalue weighted by Gasteiger charge is 2.72. The van der Waals surface area contributed by atoms with Crippen LogP contribution in [0, 0.1) is 28.6 Å². The van der Waals surface area contributed by atoms with E-state index in [-0.39, 0.29) is 21.7 Å². The summed E-state index contributed by atoms with van der Waals surface area (Å²) >= 11 is 1.94. The molecule has 8 atom stereocenters. The van der Waals surface area contributed by atoms with Crippen LogP contribution in [0.4, 0.5) is 0 Å². The van der Waals surface area contributed by atoms with E-state index in [0.717, 1.165) is 50.5 Å². The minimum atomic E-state index is -0.869. The van der Waals surface area contributed by atoms with Gasteiger partial charge in [0, 0.05) is 28.7 Å². The molecule has 2 heterocycles. The van der Waals surface area contributed by atoms with Gasteiger partial charge in [0.15, 0.2) is 5.79 Å². The molecule has 2 spiro atoms. The lowest BCUT2D eigenvalue weighted by Crippen LogP contribution is -2.72. The quantitative estimate of drug-likeness (QED) is 0.415. The van der Waals surface area contributed by atoms with E-state index in [1.54, 1.807) is 0 Å². The Morgan fingerprint density at radius 3 is 2.62 bits per heavy atom. The highest BCUT2D eigenvalue weighted by Crippen LogP contribution is 2.75. The van der Waals surface area contributed by atoms with Crippen LogP contribution in [0.15, 0.2) is 29.7 Å². The lowest BCUT2D eigenvalue weighted by Gasteiger charge is -2.69. The maximum atomic E-state index is 12.9. The molecule has 2 N–H and O–H groups in total. The van der Waals surface area contributed by atoms with Crippen LogP contribution in [0.3, 0.4) is 0 Å². The van der Waals surface area contributed by atoms with E-state index < -0.39 is 11.4 Å². The van der Waals surface area contributed by atoms with E-state index in [0.29, 0.717) is 55.7 Å². The van der Waals surface area contributed by atoms with Crippen LogP contribution in [0.2, 0.25) is 0 Å². The van der Waals surface area contributed by atoms with Crippen LogP contribution in [-0.2, 0) is 14.2 Å². The van der Waals surface area contributed by atoms with E-state index in [1.165, 1.54) is 10.5 Å². The average Bonchev–Trinajstić information content (AvgIpc) is 3.20. The molecule has 5 nitrogen and oxygen atoms in total. The number of hydrogen-bond donors (Lipinski definition) is 2. The molecular weight excluding hydrogens is 508 g/mol. The maximum absolute atomic E-state index is 12.9. The Labute approximate surface area is 238 Å². The van der Waals surface area contributed by atoms with E-state index in [9.17, 15) is 10.2 Å². The lowest BCUT2D eigenvalue weighted by molar-refractivity contribution is -0.338. The van der Waals surface area contributed by atoms with Crippen LogP contribution in [0.1, 0.15) is 96.1 Å². The van der Waals surface area contributed by atoms with Gasteiger partial charge in [-0.15, -0.1) is 11.8 Å². The molecule has 214 valence electrons. The van der Waals surface area contributed by atoms with E-state index in [2.05, 4.69) is 45.5 Å². The minimum Gasteiger partial charge on any atom is -0.494 e. The molecule has 0 radical (unpaired) electrons. The van der Waals surface area contributed by atoms with Gasteiger partial charge in [0.1, 0.15) is 5.76 Å². The zero-order chi connectivity index (χ0) is 27.4. The molecule has 6 heteroatoms. The van der Waals surface area contributed by atoms with Gasteiger partial charge in [0.05, 0.1) is 36.3 Å². The third-order valence-corrected chi connectivity index (χ3v) is 13.7. The molecule has 4 saturated carbocycles. The summed E-state index contributed by atoms with van der Waals surface area (Å²) in [5, 5.41) is 24.1. The molecule has 0 aromatic heterocycles. The molecule has 6 aliphatic rings. The van der Waals surface area contributed by atoms with Gasteiger partial charge in [-0.2, -0.15) is 0 Å². The molecular formula is C33H46O5S. The first-order valence-electron chi connectivity index (χ1n) is 15.3. The van der Waals surface area contributed by atoms with Crippen LogP contribution < -0.4 is 0 Å². The predicted octanol–water partition coefficient (Wildman–Crippen LogP) is 6.51. The number of hydrogen-bond acceptors (Lipinski definition) is 6. The molecule has 1 saturated heterocycles. The van der Waals surface area contributed by atoms with Crippen molar-refractivity contribution in [3.05, 3.63) is 35.9 Å². The second kappa shape index (κ2) is 8.73. The number of aliphatic hydroxyl groups is 2. The van der Waals surface area contributed by atoms with Crippen molar-refractivity contribution < 1.29 is 24.4 Å². The van der Waals surface area contributed by atoms with Crippen molar-refractivity contribution >= 4 is 17.5 Å². The first-order chi connectivity index (χ1) is 18.4. The van der Waals surface area contributed by atoms with Gasteiger partial charge in [-0.3, -0.25) is 0 Å². The van der Waals surface area contributed by atoms with Crippen molar-refractivity contribution in [2.24, 2.45) is 28.6 Å². The highest BCUT2D eigenvalue weighted by molar-refractivity contribution is 8.01. The third-order valence-electron chi connectivity index (χ3n) is 11.9. The minimum absolute atomic E-state index is 0.000773. The van der Waals surface area contributed by atoms with Crippen molar-refractivity contribution in [1.29, 1.82) is 0 Å². The SMILES string of the molecule is C=C(OCC)c1ccc2c(c1)S[C@]13CCC4(C[C@]1(O)CC[C@@H]1C3[C@@H]2C[C@]2(C)[C@@H](O)CC[C@@H]12)OCC(C)(C)CO4. The number of benzene rings is 1. The Kier molecular flexibility index (Phi) is 6.01. The fourth-order valence-electron chi connectivity index (χ4n) is 9.97. The van der Waals surface area contributed by atoms with Crippen LogP contribution in [-0.4, -0.2) is 52.3 Å². The first kappa shape index (κ1) is 26.8. The number of ether oxygens (including phenoxy) is 3. The summed E-state index contributed by atoms with van der Waals surface area (Å²) < 4.78 is 18.5. The van der Waals surface area contributed by atoms with E-state index in [4.69, 9.17) is 14.2 Å². The molecule has 1 aromatic carbocycles. The van der Waals surface area contributed by atoms with Gasteiger partial charge in [0.25, 0.3) is 0 Å². The van der Waals surface area contributed by atoms with Crippen molar-refractivity contribution in [3.8, 4) is 0 Å². The summed E-state index contributed by atoms with van der Waals surface area (Å²) in [5.41, 5.74) is 1.48. The van der Waals surface area contributed by atoms with Gasteiger partial charge >= 0.3 is 0 Å². The summed E-state index contributed by atoms with van der Waals surface area (Å²) in [6.07, 6.45) is 6.80. The fourth-order valence-corrected chi connectivity index (χ4v) is 11.9. The van der Waals surface area contributed by atoms with Gasteiger partial charge in [-0.05, 0) is 86.2 Å². The topological polar surface area (TPSA) is 68.2 Å². The largest absolute Gasteiger partial charge is 0.494 e. The van der Waals surface area contributed by atoms with Gasteiger partial charge < -0.3 is 24.4 Å². The Hall–Kier alpha value is -1.05. The van der Waals surface area contributed by atoms with Crippen molar-refractivity contribution in [2.75, 3.05) is 19.8 Å². The third kappa shape index (κ3) is 3.73. The second-order valence-electron chi connectivity index (χ2n) is 14.7. The zero-order valence-corrected chi connectivity index (χ0v) is 24.9. The molecule has 1 unspecified atom stereocenters. The normalized spacial score (nSPS) is 45.0. The molecule has 1 aromatic rings. The summed E-state index contributed by atoms with van der Waals surface area (Å²) in [7, 11) is 0. The van der Waals surface area contributed by atoms with Crippen LogP contribution in [0.5, 0.6) is 0 Å². The fraction of sp³-hybridized carbons (Fsp3) is 0.758. The lowest BCUT2D eigenvalue weighted by atomic mass is 9.44. The Bertz CT molecular complexity index is 1170. The zero-order valence-electron chi connectivity index (χ0n) is 24.1. The predicted molar refractivity (Wildman–Crippen MR) is 153 cm³/mol. The number of rotatable bonds is 3. The van der Waals surface area contributed by atoms with Crippen molar-refractivity contribution in [1.82, 2.24) is 0 Å². The van der Waals surface area contributed by atoms with E-state index >= 15 is 0 Å². The summed E-state index contributed by atoms with van der Waals surface area (Å²) in [5.74, 6) is 1.77. The van der Waals surface area contributed by atoms with Crippen LogP contribution >= 0.6 is 11.8 Å². The molecule has 5 fully saturated rings. The Morgan fingerprint density at radius 1 is 1.10 bits per heavy atom.